The number of nitrogens with zero attached hydrogens (tertiary/aromatic N) is 4. The van der Waals surface area contributed by atoms with Gasteiger partial charge in [-0.25, -0.2) is 14.8 Å². The summed E-state index contributed by atoms with van der Waals surface area (Å²) in [5.74, 6) is 3.20. The molecular weight excluding hydrogens is 304 g/mol. The zero-order valence-corrected chi connectivity index (χ0v) is 14.5. The summed E-state index contributed by atoms with van der Waals surface area (Å²) in [5, 5.41) is 9.39. The second-order valence-corrected chi connectivity index (χ2v) is 7.98. The fourth-order valence-electron chi connectivity index (χ4n) is 4.53. The molecule has 0 bridgehead atoms. The van der Waals surface area contributed by atoms with E-state index in [1.54, 1.807) is 17.3 Å². The number of amides is 1. The first-order valence-corrected chi connectivity index (χ1v) is 8.30. The average molecular weight is 328 g/mol. The second-order valence-electron chi connectivity index (χ2n) is 7.98. The van der Waals surface area contributed by atoms with E-state index in [4.69, 9.17) is 6.42 Å². The van der Waals surface area contributed by atoms with Crippen LogP contribution in [0.1, 0.15) is 39.2 Å². The van der Waals surface area contributed by atoms with Crippen molar-refractivity contribution >= 4 is 12.0 Å². The van der Waals surface area contributed by atoms with E-state index in [-0.39, 0.29) is 16.9 Å². The normalized spacial score (nSPS) is 26.8. The number of piperidine rings is 1. The van der Waals surface area contributed by atoms with Crippen molar-refractivity contribution in [2.45, 2.75) is 39.7 Å². The Balaban J connectivity index is 1.88. The maximum absolute atomic E-state index is 11.4. The first kappa shape index (κ1) is 16.6. The van der Waals surface area contributed by atoms with Crippen LogP contribution in [0.4, 0.5) is 10.7 Å². The van der Waals surface area contributed by atoms with Crippen LogP contribution in [0.3, 0.4) is 0 Å². The number of aromatic nitrogens is 2. The van der Waals surface area contributed by atoms with Gasteiger partial charge in [0.25, 0.3) is 0 Å². The molecule has 1 amide bonds. The van der Waals surface area contributed by atoms with Gasteiger partial charge in [0, 0.05) is 43.5 Å². The maximum atomic E-state index is 11.4. The lowest BCUT2D eigenvalue weighted by atomic mass is 9.58. The van der Waals surface area contributed by atoms with Crippen molar-refractivity contribution in [3.8, 4) is 12.3 Å². The summed E-state index contributed by atoms with van der Waals surface area (Å²) >= 11 is 0. The van der Waals surface area contributed by atoms with Crippen LogP contribution in [0.5, 0.6) is 0 Å². The van der Waals surface area contributed by atoms with E-state index >= 15 is 0 Å². The molecule has 3 heterocycles. The third-order valence-electron chi connectivity index (χ3n) is 5.14. The zero-order chi connectivity index (χ0) is 17.5. The Morgan fingerprint density at radius 1 is 1.38 bits per heavy atom. The summed E-state index contributed by atoms with van der Waals surface area (Å²) in [7, 11) is 0. The maximum Gasteiger partial charge on any atom is 0.407 e. The molecule has 128 valence electrons. The third kappa shape index (κ3) is 2.68. The van der Waals surface area contributed by atoms with Gasteiger partial charge in [-0.2, -0.15) is 0 Å². The highest BCUT2D eigenvalue weighted by molar-refractivity contribution is 5.65. The van der Waals surface area contributed by atoms with Gasteiger partial charge in [-0.05, 0) is 18.3 Å². The molecule has 2 atom stereocenters. The van der Waals surface area contributed by atoms with E-state index in [2.05, 4.69) is 41.6 Å². The van der Waals surface area contributed by atoms with Crippen molar-refractivity contribution in [3.63, 3.8) is 0 Å². The molecule has 1 spiro atoms. The summed E-state index contributed by atoms with van der Waals surface area (Å²) in [6, 6.07) is 0.198. The quantitative estimate of drug-likeness (QED) is 0.802. The van der Waals surface area contributed by atoms with Crippen LogP contribution in [0, 0.1) is 23.2 Å². The van der Waals surface area contributed by atoms with Gasteiger partial charge >= 0.3 is 6.09 Å². The third-order valence-corrected chi connectivity index (χ3v) is 5.14. The number of likely N-dealkylation sites (tertiary alicyclic amines) is 1. The number of carbonyl (C=O) groups is 1. The smallest absolute Gasteiger partial charge is 0.407 e. The SMILES string of the molecule is C#Cc1cnc(N2CC3(CCCN(C(=O)O)C3)C2C(C)(C)C)nc1. The lowest BCUT2D eigenvalue weighted by Gasteiger charge is -2.64. The minimum absolute atomic E-state index is 0.00604. The first-order chi connectivity index (χ1) is 11.3. The Hall–Kier alpha value is -2.29. The fourth-order valence-corrected chi connectivity index (χ4v) is 4.53. The number of anilines is 1. The molecule has 3 rings (SSSR count). The van der Waals surface area contributed by atoms with E-state index in [0.717, 1.165) is 19.4 Å². The van der Waals surface area contributed by atoms with E-state index in [1.807, 2.05) is 0 Å². The van der Waals surface area contributed by atoms with Crippen molar-refractivity contribution in [1.29, 1.82) is 0 Å². The molecule has 6 nitrogen and oxygen atoms in total. The number of rotatable bonds is 1. The van der Waals surface area contributed by atoms with Crippen molar-refractivity contribution in [2.75, 3.05) is 24.5 Å². The fraction of sp³-hybridized carbons (Fsp3) is 0.611. The van der Waals surface area contributed by atoms with E-state index < -0.39 is 6.09 Å². The van der Waals surface area contributed by atoms with Crippen LogP contribution < -0.4 is 4.90 Å². The van der Waals surface area contributed by atoms with Gasteiger partial charge in [0.05, 0.1) is 5.56 Å². The molecule has 2 unspecified atom stereocenters. The molecule has 2 saturated heterocycles. The van der Waals surface area contributed by atoms with Crippen LogP contribution in [-0.2, 0) is 0 Å². The van der Waals surface area contributed by atoms with Crippen LogP contribution in [0.2, 0.25) is 0 Å². The number of carboxylic acid groups (broad SMARTS) is 1. The van der Waals surface area contributed by atoms with Gasteiger partial charge < -0.3 is 14.9 Å². The first-order valence-electron chi connectivity index (χ1n) is 8.30. The molecule has 0 aliphatic carbocycles. The molecule has 2 fully saturated rings. The Bertz CT molecular complexity index is 674. The molecule has 2 aliphatic rings. The van der Waals surface area contributed by atoms with Crippen molar-refractivity contribution in [3.05, 3.63) is 18.0 Å². The van der Waals surface area contributed by atoms with Crippen LogP contribution in [0.25, 0.3) is 0 Å². The summed E-state index contributed by atoms with van der Waals surface area (Å²) < 4.78 is 0. The highest BCUT2D eigenvalue weighted by Crippen LogP contribution is 2.52. The summed E-state index contributed by atoms with van der Waals surface area (Å²) in [4.78, 5) is 24.0. The van der Waals surface area contributed by atoms with E-state index in [0.29, 0.717) is 24.6 Å². The standard InChI is InChI=1S/C18H24N4O2/c1-5-13-9-19-15(20-10-13)22-12-18(14(22)17(2,3)4)7-6-8-21(11-18)16(23)24/h1,9-10,14H,6-8,11-12H2,2-4H3,(H,23,24). The number of hydrogen-bond donors (Lipinski definition) is 1. The van der Waals surface area contributed by atoms with Crippen LogP contribution >= 0.6 is 0 Å². The van der Waals surface area contributed by atoms with Gasteiger partial charge in [-0.1, -0.05) is 26.7 Å². The van der Waals surface area contributed by atoms with Gasteiger partial charge in [-0.3, -0.25) is 0 Å². The van der Waals surface area contributed by atoms with Gasteiger partial charge in [-0.15, -0.1) is 6.42 Å². The lowest BCUT2D eigenvalue weighted by Crippen LogP contribution is -2.74. The monoisotopic (exact) mass is 328 g/mol. The highest BCUT2D eigenvalue weighted by Gasteiger charge is 2.59. The van der Waals surface area contributed by atoms with Crippen LogP contribution in [0.15, 0.2) is 12.4 Å². The molecular formula is C18H24N4O2. The minimum atomic E-state index is -0.824. The highest BCUT2D eigenvalue weighted by atomic mass is 16.4. The van der Waals surface area contributed by atoms with Gasteiger partial charge in [0.2, 0.25) is 5.95 Å². The van der Waals surface area contributed by atoms with Crippen molar-refractivity contribution in [2.24, 2.45) is 10.8 Å². The lowest BCUT2D eigenvalue weighted by molar-refractivity contribution is -0.0190. The van der Waals surface area contributed by atoms with E-state index in [1.165, 1.54) is 0 Å². The van der Waals surface area contributed by atoms with Crippen LogP contribution in [-0.4, -0.2) is 51.7 Å². The number of hydrogen-bond acceptors (Lipinski definition) is 4. The Morgan fingerprint density at radius 2 is 2.04 bits per heavy atom. The largest absolute Gasteiger partial charge is 0.465 e. The van der Waals surface area contributed by atoms with Crippen molar-refractivity contribution in [1.82, 2.24) is 14.9 Å². The molecule has 24 heavy (non-hydrogen) atoms. The molecule has 6 heteroatoms. The number of terminal acetylenes is 1. The second kappa shape index (κ2) is 5.66. The summed E-state index contributed by atoms with van der Waals surface area (Å²) in [6.45, 7) is 8.59. The van der Waals surface area contributed by atoms with E-state index in [9.17, 15) is 9.90 Å². The molecule has 1 aromatic rings. The molecule has 0 saturated carbocycles. The zero-order valence-electron chi connectivity index (χ0n) is 14.5. The molecule has 1 N–H and O–H groups in total. The minimum Gasteiger partial charge on any atom is -0.465 e. The van der Waals surface area contributed by atoms with Gasteiger partial charge in [0.1, 0.15) is 0 Å². The molecule has 0 aromatic carbocycles. The average Bonchev–Trinajstić information content (AvgIpc) is 2.51. The Morgan fingerprint density at radius 3 is 2.58 bits per heavy atom. The molecule has 0 radical (unpaired) electrons. The summed E-state index contributed by atoms with van der Waals surface area (Å²) in [6.07, 6.45) is 9.82. The predicted octanol–water partition coefficient (Wildman–Crippen LogP) is 2.45. The Labute approximate surface area is 142 Å². The predicted molar refractivity (Wildman–Crippen MR) is 91.8 cm³/mol. The Kier molecular flexibility index (Phi) is 3.90. The topological polar surface area (TPSA) is 69.6 Å². The van der Waals surface area contributed by atoms with Gasteiger partial charge in [0.15, 0.2) is 0 Å². The molecule has 2 aliphatic heterocycles. The van der Waals surface area contributed by atoms with Crippen molar-refractivity contribution < 1.29 is 9.90 Å². The summed E-state index contributed by atoms with van der Waals surface area (Å²) in [5.41, 5.74) is 0.632. The molecule has 1 aromatic heterocycles.